The Morgan fingerprint density at radius 3 is 2.72 bits per heavy atom. The highest BCUT2D eigenvalue weighted by molar-refractivity contribution is 6.17. The Balaban J connectivity index is 1.73. The van der Waals surface area contributed by atoms with E-state index in [1.165, 1.54) is 0 Å². The van der Waals surface area contributed by atoms with Gasteiger partial charge in [-0.15, -0.1) is 0 Å². The van der Waals surface area contributed by atoms with Gasteiger partial charge in [0.1, 0.15) is 29.3 Å². The van der Waals surface area contributed by atoms with Crippen molar-refractivity contribution in [2.45, 2.75) is 6.92 Å². The van der Waals surface area contributed by atoms with Crippen LogP contribution in [-0.4, -0.2) is 0 Å². The van der Waals surface area contributed by atoms with Gasteiger partial charge < -0.3 is 13.6 Å². The normalized spacial score (nSPS) is 12.8. The number of aryl methyl sites for hydroxylation is 2. The number of furan rings is 2. The van der Waals surface area contributed by atoms with Crippen molar-refractivity contribution in [2.75, 3.05) is 0 Å². The van der Waals surface area contributed by atoms with Crippen LogP contribution in [0.15, 0.2) is 69.8 Å². The molecule has 0 N–H and O–H groups in total. The number of pyridine rings is 1. The highest BCUT2D eigenvalue weighted by Crippen LogP contribution is 2.52. The van der Waals surface area contributed by atoms with E-state index >= 15 is 0 Å². The summed E-state index contributed by atoms with van der Waals surface area (Å²) in [5, 5.41) is 5.51. The number of hydrogen-bond donors (Lipinski definition) is 0. The van der Waals surface area contributed by atoms with Crippen LogP contribution in [0.2, 0.25) is 0 Å². The molecular weight excluding hydrogens is 362 g/mol. The van der Waals surface area contributed by atoms with Gasteiger partial charge in [-0.1, -0.05) is 18.2 Å². The van der Waals surface area contributed by atoms with E-state index in [9.17, 15) is 0 Å². The van der Waals surface area contributed by atoms with Crippen LogP contribution in [-0.2, 0) is 7.05 Å². The first kappa shape index (κ1) is 15.2. The Morgan fingerprint density at radius 2 is 1.79 bits per heavy atom. The number of nitrogens with zero attached hydrogens (tertiary/aromatic N) is 1. The standard InChI is InChI=1S/C25H16NO3/c1-13-15-8-10-27-19(15)12-20-21(13)23-22-14(7-9-26(23)2)11-17-16-5-3-4-6-18(16)28-24(17)25(22)29-20/h3-12H,1-2H3/q+1. The number of fused-ring (bicyclic) bond motifs is 7. The molecule has 1 aliphatic heterocycles. The SMILES string of the molecule is Cc1c2c(cc3occc13)Oc1c3oc4ccccc4c3cc3cc[n+](C)c-2c13. The van der Waals surface area contributed by atoms with Crippen LogP contribution in [0.25, 0.3) is 54.9 Å². The Kier molecular flexibility index (Phi) is 2.60. The molecule has 0 atom stereocenters. The zero-order valence-corrected chi connectivity index (χ0v) is 15.9. The van der Waals surface area contributed by atoms with E-state index in [2.05, 4.69) is 42.9 Å². The van der Waals surface area contributed by atoms with Gasteiger partial charge in [-0.05, 0) is 36.1 Å². The van der Waals surface area contributed by atoms with Crippen molar-refractivity contribution in [1.29, 1.82) is 0 Å². The molecule has 0 unspecified atom stereocenters. The van der Waals surface area contributed by atoms with Gasteiger partial charge in [-0.3, -0.25) is 0 Å². The average molecular weight is 378 g/mol. The largest absolute Gasteiger partial charge is 0.464 e. The van der Waals surface area contributed by atoms with Crippen molar-refractivity contribution in [3.05, 3.63) is 66.6 Å². The molecule has 0 bridgehead atoms. The summed E-state index contributed by atoms with van der Waals surface area (Å²) in [6.07, 6.45) is 3.85. The van der Waals surface area contributed by atoms with Crippen molar-refractivity contribution in [2.24, 2.45) is 7.05 Å². The lowest BCUT2D eigenvalue weighted by Gasteiger charge is -2.21. The Hall–Kier alpha value is -3.79. The highest BCUT2D eigenvalue weighted by Gasteiger charge is 2.33. The Morgan fingerprint density at radius 1 is 0.897 bits per heavy atom. The predicted octanol–water partition coefficient (Wildman–Crippen LogP) is 6.39. The minimum Gasteiger partial charge on any atom is -0.464 e. The number of para-hydroxylation sites is 1. The molecule has 0 radical (unpaired) electrons. The van der Waals surface area contributed by atoms with Gasteiger partial charge in [0.25, 0.3) is 0 Å². The zero-order chi connectivity index (χ0) is 19.3. The van der Waals surface area contributed by atoms with Gasteiger partial charge >= 0.3 is 0 Å². The van der Waals surface area contributed by atoms with E-state index in [4.69, 9.17) is 13.6 Å². The van der Waals surface area contributed by atoms with Crippen LogP contribution < -0.4 is 9.30 Å². The maximum Gasteiger partial charge on any atom is 0.228 e. The van der Waals surface area contributed by atoms with Crippen LogP contribution in [0, 0.1) is 6.92 Å². The molecule has 0 saturated heterocycles. The van der Waals surface area contributed by atoms with Crippen molar-refractivity contribution >= 4 is 43.7 Å². The zero-order valence-electron chi connectivity index (χ0n) is 15.9. The van der Waals surface area contributed by atoms with Gasteiger partial charge in [-0.25, -0.2) is 4.57 Å². The molecule has 4 nitrogen and oxygen atoms in total. The van der Waals surface area contributed by atoms with E-state index in [1.807, 2.05) is 30.3 Å². The van der Waals surface area contributed by atoms with E-state index < -0.39 is 0 Å². The van der Waals surface area contributed by atoms with Crippen LogP contribution >= 0.6 is 0 Å². The summed E-state index contributed by atoms with van der Waals surface area (Å²) in [4.78, 5) is 0. The molecule has 3 aromatic carbocycles. The lowest BCUT2D eigenvalue weighted by atomic mass is 9.93. The molecule has 3 aromatic heterocycles. The summed E-state index contributed by atoms with van der Waals surface area (Å²) >= 11 is 0. The number of hydrogen-bond acceptors (Lipinski definition) is 3. The van der Waals surface area contributed by atoms with Gasteiger partial charge in [0.05, 0.1) is 11.8 Å². The lowest BCUT2D eigenvalue weighted by molar-refractivity contribution is -0.659. The van der Waals surface area contributed by atoms with E-state index in [-0.39, 0.29) is 0 Å². The molecule has 0 aliphatic carbocycles. The molecular formula is C25H16NO3+. The lowest BCUT2D eigenvalue weighted by Crippen LogP contribution is -2.31. The maximum absolute atomic E-state index is 6.54. The number of benzene rings is 3. The molecule has 6 aromatic rings. The fourth-order valence-electron chi connectivity index (χ4n) is 4.81. The molecule has 138 valence electrons. The van der Waals surface area contributed by atoms with Crippen LogP contribution in [0.1, 0.15) is 5.56 Å². The van der Waals surface area contributed by atoms with Crippen molar-refractivity contribution < 1.29 is 18.1 Å². The fraction of sp³-hybridized carbons (Fsp3) is 0.0800. The highest BCUT2D eigenvalue weighted by atomic mass is 16.5. The summed E-state index contributed by atoms with van der Waals surface area (Å²) in [7, 11) is 2.08. The minimum atomic E-state index is 0.776. The van der Waals surface area contributed by atoms with Gasteiger partial charge in [-0.2, -0.15) is 0 Å². The molecule has 0 spiro atoms. The topological polar surface area (TPSA) is 39.4 Å². The molecule has 4 heteroatoms. The van der Waals surface area contributed by atoms with E-state index in [0.29, 0.717) is 0 Å². The second-order valence-electron chi connectivity index (χ2n) is 7.73. The van der Waals surface area contributed by atoms with Gasteiger partial charge in [0.15, 0.2) is 17.5 Å². The quantitative estimate of drug-likeness (QED) is 0.287. The number of ether oxygens (including phenoxy) is 1. The third-order valence-corrected chi connectivity index (χ3v) is 6.15. The summed E-state index contributed by atoms with van der Waals surface area (Å²) in [5.41, 5.74) is 5.89. The van der Waals surface area contributed by atoms with Crippen molar-refractivity contribution in [3.8, 4) is 22.8 Å². The number of aromatic nitrogens is 1. The summed E-state index contributed by atoms with van der Waals surface area (Å²) in [6, 6.07) is 16.5. The third-order valence-electron chi connectivity index (χ3n) is 6.15. The van der Waals surface area contributed by atoms with Crippen LogP contribution in [0.4, 0.5) is 0 Å². The van der Waals surface area contributed by atoms with Gasteiger partial charge in [0.2, 0.25) is 5.69 Å². The average Bonchev–Trinajstić information content (AvgIpc) is 3.35. The first-order valence-corrected chi connectivity index (χ1v) is 9.66. The van der Waals surface area contributed by atoms with E-state index in [0.717, 1.165) is 72.0 Å². The number of rotatable bonds is 0. The Bertz CT molecular complexity index is 1650. The molecule has 4 heterocycles. The van der Waals surface area contributed by atoms with Crippen molar-refractivity contribution in [1.82, 2.24) is 0 Å². The molecule has 7 rings (SSSR count). The molecule has 1 aliphatic rings. The second kappa shape index (κ2) is 4.97. The van der Waals surface area contributed by atoms with Crippen LogP contribution in [0.3, 0.4) is 0 Å². The fourth-order valence-corrected chi connectivity index (χ4v) is 4.81. The predicted molar refractivity (Wildman–Crippen MR) is 112 cm³/mol. The maximum atomic E-state index is 6.54. The monoisotopic (exact) mass is 378 g/mol. The molecule has 0 amide bonds. The molecule has 0 saturated carbocycles. The minimum absolute atomic E-state index is 0.776. The first-order chi connectivity index (χ1) is 14.2. The van der Waals surface area contributed by atoms with E-state index in [1.54, 1.807) is 6.26 Å². The first-order valence-electron chi connectivity index (χ1n) is 9.66. The molecule has 29 heavy (non-hydrogen) atoms. The summed E-state index contributed by atoms with van der Waals surface area (Å²) < 4.78 is 20.7. The molecule has 0 fully saturated rings. The third kappa shape index (κ3) is 1.77. The van der Waals surface area contributed by atoms with Crippen LogP contribution in [0.5, 0.6) is 11.5 Å². The smallest absolute Gasteiger partial charge is 0.228 e. The van der Waals surface area contributed by atoms with Crippen molar-refractivity contribution in [3.63, 3.8) is 0 Å². The Labute approximate surface area is 165 Å². The summed E-state index contributed by atoms with van der Waals surface area (Å²) in [5.74, 6) is 1.58. The van der Waals surface area contributed by atoms with Gasteiger partial charge in [0, 0.05) is 28.3 Å². The summed E-state index contributed by atoms with van der Waals surface area (Å²) in [6.45, 7) is 2.13. The second-order valence-corrected chi connectivity index (χ2v) is 7.73.